The number of hydrogen-bond acceptors (Lipinski definition) is 2. The lowest BCUT2D eigenvalue weighted by Gasteiger charge is -2.02. The van der Waals surface area contributed by atoms with Crippen molar-refractivity contribution < 1.29 is 9.53 Å². The SMILES string of the molecule is CCCCCCCCCCCCCCC/C=C/OC(C)=O. The van der Waals surface area contributed by atoms with Crippen LogP contribution >= 0.6 is 0 Å². The van der Waals surface area contributed by atoms with E-state index in [0.717, 1.165) is 6.42 Å². The Balaban J connectivity index is 3.02. The molecule has 124 valence electrons. The minimum absolute atomic E-state index is 0.239. The fourth-order valence-electron chi connectivity index (χ4n) is 2.49. The maximum absolute atomic E-state index is 10.5. The molecule has 0 rings (SSSR count). The maximum Gasteiger partial charge on any atom is 0.307 e. The van der Waals surface area contributed by atoms with Gasteiger partial charge in [-0.25, -0.2) is 0 Å². The van der Waals surface area contributed by atoms with Crippen molar-refractivity contribution in [2.24, 2.45) is 0 Å². The van der Waals surface area contributed by atoms with Crippen LogP contribution in [0.15, 0.2) is 12.3 Å². The number of ether oxygens (including phenoxy) is 1. The normalized spacial score (nSPS) is 11.1. The van der Waals surface area contributed by atoms with Crippen molar-refractivity contribution in [2.75, 3.05) is 0 Å². The Morgan fingerprint density at radius 3 is 1.62 bits per heavy atom. The van der Waals surface area contributed by atoms with Gasteiger partial charge in [-0.1, -0.05) is 84.0 Å². The van der Waals surface area contributed by atoms with Crippen molar-refractivity contribution >= 4 is 5.97 Å². The Hall–Kier alpha value is -0.790. The highest BCUT2D eigenvalue weighted by atomic mass is 16.5. The molecule has 0 saturated carbocycles. The van der Waals surface area contributed by atoms with E-state index in [-0.39, 0.29) is 5.97 Å². The molecule has 0 aliphatic carbocycles. The van der Waals surface area contributed by atoms with Crippen LogP contribution in [0.4, 0.5) is 0 Å². The molecule has 0 radical (unpaired) electrons. The van der Waals surface area contributed by atoms with Crippen LogP contribution in [0.2, 0.25) is 0 Å². The highest BCUT2D eigenvalue weighted by Gasteiger charge is 1.93. The first-order valence-electron chi connectivity index (χ1n) is 9.09. The number of carbonyl (C=O) groups excluding carboxylic acids is 1. The third-order valence-electron chi connectivity index (χ3n) is 3.80. The first kappa shape index (κ1) is 20.2. The first-order valence-corrected chi connectivity index (χ1v) is 9.09. The van der Waals surface area contributed by atoms with Gasteiger partial charge < -0.3 is 4.74 Å². The molecule has 0 aliphatic rings. The van der Waals surface area contributed by atoms with E-state index in [2.05, 4.69) is 6.92 Å². The van der Waals surface area contributed by atoms with Crippen LogP contribution in [-0.4, -0.2) is 5.97 Å². The van der Waals surface area contributed by atoms with Gasteiger partial charge in [0.1, 0.15) is 0 Å². The van der Waals surface area contributed by atoms with E-state index in [4.69, 9.17) is 4.74 Å². The number of rotatable bonds is 15. The van der Waals surface area contributed by atoms with Crippen LogP contribution < -0.4 is 0 Å². The summed E-state index contributed by atoms with van der Waals surface area (Å²) in [6.45, 7) is 3.70. The molecule has 21 heavy (non-hydrogen) atoms. The summed E-state index contributed by atoms with van der Waals surface area (Å²) in [4.78, 5) is 10.5. The van der Waals surface area contributed by atoms with Crippen LogP contribution in [0.5, 0.6) is 0 Å². The number of carbonyl (C=O) groups is 1. The third-order valence-corrected chi connectivity index (χ3v) is 3.80. The van der Waals surface area contributed by atoms with Crippen molar-refractivity contribution in [1.29, 1.82) is 0 Å². The van der Waals surface area contributed by atoms with Crippen molar-refractivity contribution in [3.63, 3.8) is 0 Å². The highest BCUT2D eigenvalue weighted by molar-refractivity contribution is 5.66. The molecule has 0 spiro atoms. The first-order chi connectivity index (χ1) is 10.3. The standard InChI is InChI=1S/C19H36O2/c1-3-4-5-6-7-8-9-10-11-12-13-14-15-16-17-18-21-19(2)20/h17-18H,3-16H2,1-2H3/b18-17+. The van der Waals surface area contributed by atoms with Gasteiger partial charge in [0.15, 0.2) is 0 Å². The molecule has 0 atom stereocenters. The predicted molar refractivity (Wildman–Crippen MR) is 91.2 cm³/mol. The van der Waals surface area contributed by atoms with E-state index in [0.29, 0.717) is 0 Å². The maximum atomic E-state index is 10.5. The zero-order valence-electron chi connectivity index (χ0n) is 14.4. The van der Waals surface area contributed by atoms with Crippen LogP contribution in [0, 0.1) is 0 Å². The van der Waals surface area contributed by atoms with Gasteiger partial charge in [-0.2, -0.15) is 0 Å². The molecular weight excluding hydrogens is 260 g/mol. The van der Waals surface area contributed by atoms with E-state index in [9.17, 15) is 4.79 Å². The Labute approximate surface area is 132 Å². The molecule has 0 saturated heterocycles. The summed E-state index contributed by atoms with van der Waals surface area (Å²) in [5, 5.41) is 0. The quantitative estimate of drug-likeness (QED) is 0.195. The fourth-order valence-corrected chi connectivity index (χ4v) is 2.49. The lowest BCUT2D eigenvalue weighted by Crippen LogP contribution is -1.89. The zero-order chi connectivity index (χ0) is 15.6. The molecule has 0 aromatic carbocycles. The van der Waals surface area contributed by atoms with Gasteiger partial charge in [-0.15, -0.1) is 0 Å². The van der Waals surface area contributed by atoms with Crippen LogP contribution in [0.1, 0.15) is 104 Å². The van der Waals surface area contributed by atoms with Crippen LogP contribution in [0.25, 0.3) is 0 Å². The van der Waals surface area contributed by atoms with Gasteiger partial charge in [0.05, 0.1) is 6.26 Å². The summed E-state index contributed by atoms with van der Waals surface area (Å²) in [6.07, 6.45) is 22.5. The van der Waals surface area contributed by atoms with Gasteiger partial charge in [0.25, 0.3) is 0 Å². The molecule has 2 heteroatoms. The molecule has 0 bridgehead atoms. The topological polar surface area (TPSA) is 26.3 Å². The van der Waals surface area contributed by atoms with E-state index >= 15 is 0 Å². The van der Waals surface area contributed by atoms with Crippen molar-refractivity contribution in [3.05, 3.63) is 12.3 Å². The summed E-state index contributed by atoms with van der Waals surface area (Å²) < 4.78 is 4.74. The van der Waals surface area contributed by atoms with Gasteiger partial charge >= 0.3 is 5.97 Å². The second-order valence-corrected chi connectivity index (χ2v) is 6.01. The molecular formula is C19H36O2. The average molecular weight is 296 g/mol. The molecule has 0 N–H and O–H groups in total. The van der Waals surface area contributed by atoms with Gasteiger partial charge in [-0.3, -0.25) is 4.79 Å². The Bertz CT molecular complexity index is 246. The Morgan fingerprint density at radius 1 is 0.762 bits per heavy atom. The molecule has 0 fully saturated rings. The molecule has 0 aliphatic heterocycles. The second kappa shape index (κ2) is 17.3. The molecule has 2 nitrogen and oxygen atoms in total. The number of unbranched alkanes of at least 4 members (excludes halogenated alkanes) is 13. The minimum atomic E-state index is -0.239. The minimum Gasteiger partial charge on any atom is -0.435 e. The smallest absolute Gasteiger partial charge is 0.307 e. The van der Waals surface area contributed by atoms with Crippen LogP contribution in [-0.2, 0) is 9.53 Å². The molecule has 0 unspecified atom stereocenters. The average Bonchev–Trinajstić information content (AvgIpc) is 2.46. The second-order valence-electron chi connectivity index (χ2n) is 6.01. The van der Waals surface area contributed by atoms with E-state index in [1.165, 1.54) is 96.7 Å². The lowest BCUT2D eigenvalue weighted by molar-refractivity contribution is -0.135. The Morgan fingerprint density at radius 2 is 1.19 bits per heavy atom. The predicted octanol–water partition coefficient (Wildman–Crippen LogP) is 6.54. The third kappa shape index (κ3) is 19.2. The summed E-state index contributed by atoms with van der Waals surface area (Å²) in [5.41, 5.74) is 0. The summed E-state index contributed by atoms with van der Waals surface area (Å²) in [7, 11) is 0. The van der Waals surface area contributed by atoms with Gasteiger partial charge in [0, 0.05) is 6.92 Å². The lowest BCUT2D eigenvalue weighted by atomic mass is 10.0. The van der Waals surface area contributed by atoms with Gasteiger partial charge in [0.2, 0.25) is 0 Å². The highest BCUT2D eigenvalue weighted by Crippen LogP contribution is 2.12. The summed E-state index contributed by atoms with van der Waals surface area (Å²) >= 11 is 0. The molecule has 0 heterocycles. The largest absolute Gasteiger partial charge is 0.435 e. The van der Waals surface area contributed by atoms with E-state index in [1.54, 1.807) is 0 Å². The van der Waals surface area contributed by atoms with Crippen LogP contribution in [0.3, 0.4) is 0 Å². The molecule has 0 aromatic rings. The number of hydrogen-bond donors (Lipinski definition) is 0. The van der Waals surface area contributed by atoms with Gasteiger partial charge in [-0.05, 0) is 18.9 Å². The fraction of sp³-hybridized carbons (Fsp3) is 0.842. The van der Waals surface area contributed by atoms with Crippen molar-refractivity contribution in [1.82, 2.24) is 0 Å². The van der Waals surface area contributed by atoms with E-state index in [1.807, 2.05) is 6.08 Å². The molecule has 0 aromatic heterocycles. The summed E-state index contributed by atoms with van der Waals surface area (Å²) in [6, 6.07) is 0. The number of esters is 1. The molecule has 0 amide bonds. The zero-order valence-corrected chi connectivity index (χ0v) is 14.4. The van der Waals surface area contributed by atoms with Crippen molar-refractivity contribution in [3.8, 4) is 0 Å². The Kier molecular flexibility index (Phi) is 16.6. The van der Waals surface area contributed by atoms with Crippen molar-refractivity contribution in [2.45, 2.75) is 104 Å². The summed E-state index contributed by atoms with van der Waals surface area (Å²) in [5.74, 6) is -0.239. The monoisotopic (exact) mass is 296 g/mol. The van der Waals surface area contributed by atoms with E-state index < -0.39 is 0 Å². The number of allylic oxidation sites excluding steroid dienone is 1.